The molecule has 0 saturated carbocycles. The summed E-state index contributed by atoms with van der Waals surface area (Å²) in [4.78, 5) is 23.5. The first-order valence-electron chi connectivity index (χ1n) is 13.3. The van der Waals surface area contributed by atoms with Gasteiger partial charge in [0.05, 0.1) is 16.0 Å². The van der Waals surface area contributed by atoms with E-state index in [4.69, 9.17) is 14.2 Å². The van der Waals surface area contributed by atoms with Crippen molar-refractivity contribution in [2.75, 3.05) is 11.9 Å². The number of hydrogen-bond donors (Lipinski definition) is 1. The summed E-state index contributed by atoms with van der Waals surface area (Å²) in [7, 11) is 0. The molecule has 4 aromatic rings. The van der Waals surface area contributed by atoms with Crippen molar-refractivity contribution in [1.82, 2.24) is 0 Å². The predicted molar refractivity (Wildman–Crippen MR) is 167 cm³/mol. The molecule has 0 fully saturated rings. The number of nitro benzene ring substituents is 1. The zero-order valence-electron chi connectivity index (χ0n) is 23.5. The topological polar surface area (TPSA) is 124 Å². The number of nitrogens with one attached hydrogen (secondary N) is 1. The third-order valence-electron chi connectivity index (χ3n) is 6.15. The Balaban J connectivity index is 1.44. The average Bonchev–Trinajstić information content (AvgIpc) is 3.00. The number of nitriles is 1. The molecule has 1 N–H and O–H groups in total. The fourth-order valence-corrected chi connectivity index (χ4v) is 4.56. The molecule has 0 atom stereocenters. The van der Waals surface area contributed by atoms with Gasteiger partial charge in [-0.3, -0.25) is 14.9 Å². The number of carbonyl (C=O) groups is 1. The standard InChI is InChI=1S/C33H28BrN3O6/c1-3-41-31-18-25(17-30(34)32(31)43-21-24-5-4-6-28(16-24)37(39)40)15-26(19-35)33(38)36-27-11-13-29(14-12-27)42-20-23-9-7-22(2)8-10-23/h4-18H,3,20-21H2,1-2H3,(H,36,38)/b26-15+. The molecule has 0 radical (unpaired) electrons. The lowest BCUT2D eigenvalue weighted by Gasteiger charge is -2.15. The molecule has 218 valence electrons. The lowest BCUT2D eigenvalue weighted by molar-refractivity contribution is -0.384. The summed E-state index contributed by atoms with van der Waals surface area (Å²) in [6, 6.07) is 26.4. The van der Waals surface area contributed by atoms with Gasteiger partial charge in [-0.05, 0) is 88.9 Å². The molecule has 0 aliphatic carbocycles. The van der Waals surface area contributed by atoms with Gasteiger partial charge in [0.25, 0.3) is 11.6 Å². The molecule has 4 rings (SSSR count). The van der Waals surface area contributed by atoms with Crippen LogP contribution in [0.1, 0.15) is 29.2 Å². The van der Waals surface area contributed by atoms with E-state index < -0.39 is 10.8 Å². The Morgan fingerprint density at radius 3 is 2.37 bits per heavy atom. The molecule has 0 unspecified atom stereocenters. The highest BCUT2D eigenvalue weighted by atomic mass is 79.9. The van der Waals surface area contributed by atoms with E-state index in [-0.39, 0.29) is 17.9 Å². The first-order valence-corrected chi connectivity index (χ1v) is 14.1. The van der Waals surface area contributed by atoms with Crippen LogP contribution in [0, 0.1) is 28.4 Å². The number of anilines is 1. The van der Waals surface area contributed by atoms with Crippen LogP contribution in [0.15, 0.2) is 95.0 Å². The number of nitrogens with zero attached hydrogens (tertiary/aromatic N) is 2. The van der Waals surface area contributed by atoms with Crippen molar-refractivity contribution in [1.29, 1.82) is 5.26 Å². The van der Waals surface area contributed by atoms with Crippen LogP contribution in [-0.4, -0.2) is 17.4 Å². The van der Waals surface area contributed by atoms with Crippen molar-refractivity contribution in [3.8, 4) is 23.3 Å². The van der Waals surface area contributed by atoms with Crippen LogP contribution in [0.4, 0.5) is 11.4 Å². The van der Waals surface area contributed by atoms with Gasteiger partial charge in [-0.25, -0.2) is 0 Å². The number of halogens is 1. The van der Waals surface area contributed by atoms with Crippen molar-refractivity contribution in [3.05, 3.63) is 127 Å². The van der Waals surface area contributed by atoms with Gasteiger partial charge >= 0.3 is 0 Å². The molecule has 0 heterocycles. The average molecular weight is 643 g/mol. The van der Waals surface area contributed by atoms with Crippen LogP contribution in [0.25, 0.3) is 6.08 Å². The number of nitro groups is 1. The number of aryl methyl sites for hydroxylation is 1. The fourth-order valence-electron chi connectivity index (χ4n) is 3.99. The van der Waals surface area contributed by atoms with Crippen LogP contribution in [0.3, 0.4) is 0 Å². The highest BCUT2D eigenvalue weighted by molar-refractivity contribution is 9.10. The predicted octanol–water partition coefficient (Wildman–Crippen LogP) is 7.77. The van der Waals surface area contributed by atoms with Gasteiger partial charge in [-0.15, -0.1) is 0 Å². The van der Waals surface area contributed by atoms with Crippen molar-refractivity contribution in [2.24, 2.45) is 0 Å². The summed E-state index contributed by atoms with van der Waals surface area (Å²) >= 11 is 3.48. The summed E-state index contributed by atoms with van der Waals surface area (Å²) in [5, 5.41) is 23.6. The molecule has 0 aromatic heterocycles. The number of amides is 1. The molecule has 1 amide bonds. The molecular formula is C33H28BrN3O6. The maximum atomic E-state index is 12.9. The van der Waals surface area contributed by atoms with Gasteiger partial charge in [0.2, 0.25) is 0 Å². The van der Waals surface area contributed by atoms with Gasteiger partial charge in [0.15, 0.2) is 11.5 Å². The van der Waals surface area contributed by atoms with Crippen LogP contribution >= 0.6 is 15.9 Å². The minimum Gasteiger partial charge on any atom is -0.490 e. The molecule has 9 nitrogen and oxygen atoms in total. The minimum atomic E-state index is -0.573. The maximum Gasteiger partial charge on any atom is 0.269 e. The Bertz CT molecular complexity index is 1680. The first kappa shape index (κ1) is 30.8. The number of ether oxygens (including phenoxy) is 3. The monoisotopic (exact) mass is 641 g/mol. The van der Waals surface area contributed by atoms with Gasteiger partial charge in [0.1, 0.15) is 30.6 Å². The highest BCUT2D eigenvalue weighted by Crippen LogP contribution is 2.38. The second kappa shape index (κ2) is 14.7. The summed E-state index contributed by atoms with van der Waals surface area (Å²) in [6.45, 7) is 4.67. The van der Waals surface area contributed by atoms with E-state index >= 15 is 0 Å². The zero-order chi connectivity index (χ0) is 30.8. The van der Waals surface area contributed by atoms with Crippen molar-refractivity contribution < 1.29 is 23.9 Å². The number of non-ortho nitro benzene ring substituents is 1. The van der Waals surface area contributed by atoms with E-state index in [2.05, 4.69) is 21.2 Å². The number of carbonyl (C=O) groups excluding carboxylic acids is 1. The zero-order valence-corrected chi connectivity index (χ0v) is 25.1. The summed E-state index contributed by atoms with van der Waals surface area (Å²) in [5.74, 6) is 0.845. The van der Waals surface area contributed by atoms with Gasteiger partial charge in [-0.2, -0.15) is 5.26 Å². The van der Waals surface area contributed by atoms with Crippen LogP contribution in [0.2, 0.25) is 0 Å². The van der Waals surface area contributed by atoms with E-state index in [1.54, 1.807) is 48.5 Å². The van der Waals surface area contributed by atoms with Gasteiger partial charge in [0, 0.05) is 17.8 Å². The van der Waals surface area contributed by atoms with E-state index in [1.807, 2.05) is 44.2 Å². The van der Waals surface area contributed by atoms with Crippen LogP contribution in [-0.2, 0) is 18.0 Å². The van der Waals surface area contributed by atoms with E-state index in [0.29, 0.717) is 51.7 Å². The van der Waals surface area contributed by atoms with E-state index in [1.165, 1.54) is 23.8 Å². The summed E-state index contributed by atoms with van der Waals surface area (Å²) < 4.78 is 18.0. The largest absolute Gasteiger partial charge is 0.490 e. The maximum absolute atomic E-state index is 12.9. The molecule has 0 saturated heterocycles. The quantitative estimate of drug-likeness (QED) is 0.0725. The second-order valence-electron chi connectivity index (χ2n) is 9.40. The normalized spacial score (nSPS) is 10.9. The van der Waals surface area contributed by atoms with Gasteiger partial charge < -0.3 is 19.5 Å². The molecule has 43 heavy (non-hydrogen) atoms. The molecule has 10 heteroatoms. The smallest absolute Gasteiger partial charge is 0.269 e. The lowest BCUT2D eigenvalue weighted by atomic mass is 10.1. The third-order valence-corrected chi connectivity index (χ3v) is 6.74. The second-order valence-corrected chi connectivity index (χ2v) is 10.3. The molecule has 0 aliphatic heterocycles. The molecule has 0 aliphatic rings. The van der Waals surface area contributed by atoms with Crippen molar-refractivity contribution in [3.63, 3.8) is 0 Å². The van der Waals surface area contributed by atoms with E-state index in [9.17, 15) is 20.2 Å². The van der Waals surface area contributed by atoms with E-state index in [0.717, 1.165) is 5.56 Å². The fraction of sp³-hybridized carbons (Fsp3) is 0.152. The van der Waals surface area contributed by atoms with Crippen molar-refractivity contribution >= 4 is 39.3 Å². The molecule has 4 aromatic carbocycles. The van der Waals surface area contributed by atoms with Crippen LogP contribution < -0.4 is 19.5 Å². The highest BCUT2D eigenvalue weighted by Gasteiger charge is 2.16. The lowest BCUT2D eigenvalue weighted by Crippen LogP contribution is -2.13. The third kappa shape index (κ3) is 8.67. The van der Waals surface area contributed by atoms with Crippen LogP contribution in [0.5, 0.6) is 17.2 Å². The Morgan fingerprint density at radius 2 is 1.70 bits per heavy atom. The SMILES string of the molecule is CCOc1cc(/C=C(\C#N)C(=O)Nc2ccc(OCc3ccc(C)cc3)cc2)cc(Br)c1OCc1cccc([N+](=O)[O-])c1. The van der Waals surface area contributed by atoms with Crippen molar-refractivity contribution in [2.45, 2.75) is 27.1 Å². The number of rotatable bonds is 12. The molecular weight excluding hydrogens is 614 g/mol. The Morgan fingerprint density at radius 1 is 0.977 bits per heavy atom. The Kier molecular flexibility index (Phi) is 10.5. The minimum absolute atomic E-state index is 0.0321. The number of benzene rings is 4. The summed E-state index contributed by atoms with van der Waals surface area (Å²) in [5.41, 5.74) is 3.74. The number of hydrogen-bond acceptors (Lipinski definition) is 7. The Hall–Kier alpha value is -5.14. The summed E-state index contributed by atoms with van der Waals surface area (Å²) in [6.07, 6.45) is 1.45. The molecule has 0 bridgehead atoms. The first-order chi connectivity index (χ1) is 20.7. The van der Waals surface area contributed by atoms with Gasteiger partial charge in [-0.1, -0.05) is 42.0 Å². The molecule has 0 spiro atoms. The Labute approximate surface area is 257 Å².